The fourth-order valence-corrected chi connectivity index (χ4v) is 2.13. The first-order chi connectivity index (χ1) is 8.37. The van der Waals surface area contributed by atoms with E-state index in [4.69, 9.17) is 0 Å². The number of allylic oxidation sites excluding steroid dienone is 1. The van der Waals surface area contributed by atoms with Crippen molar-refractivity contribution in [1.29, 1.82) is 0 Å². The zero-order valence-electron chi connectivity index (χ0n) is 12.1. The molecule has 0 heteroatoms. The average molecular weight is 238 g/mol. The molecule has 94 valence electrons. The van der Waals surface area contributed by atoms with Crippen LogP contribution in [0.2, 0.25) is 0 Å². The molecule has 1 aromatic carbocycles. The third-order valence-corrected chi connectivity index (χ3v) is 3.23. The summed E-state index contributed by atoms with van der Waals surface area (Å²) >= 11 is 0. The second-order valence-corrected chi connectivity index (χ2v) is 6.43. The lowest BCUT2D eigenvalue weighted by Crippen LogP contribution is -1.99. The molecule has 2 rings (SSSR count). The van der Waals surface area contributed by atoms with Crippen molar-refractivity contribution in [3.05, 3.63) is 40.5 Å². The van der Waals surface area contributed by atoms with E-state index in [0.29, 0.717) is 5.92 Å². The molecule has 0 aromatic heterocycles. The number of hydrogen-bond donors (Lipinski definition) is 0. The van der Waals surface area contributed by atoms with Gasteiger partial charge in [0, 0.05) is 11.0 Å². The van der Waals surface area contributed by atoms with Gasteiger partial charge >= 0.3 is 0 Å². The van der Waals surface area contributed by atoms with E-state index in [1.807, 2.05) is 0 Å². The predicted octanol–water partition coefficient (Wildman–Crippen LogP) is 4.68. The molecule has 1 aliphatic carbocycles. The fourth-order valence-electron chi connectivity index (χ4n) is 2.13. The Morgan fingerprint density at radius 2 is 1.89 bits per heavy atom. The molecule has 0 unspecified atom stereocenters. The van der Waals surface area contributed by atoms with E-state index >= 15 is 0 Å². The van der Waals surface area contributed by atoms with Crippen molar-refractivity contribution in [2.75, 3.05) is 0 Å². The van der Waals surface area contributed by atoms with E-state index in [2.05, 4.69) is 70.7 Å². The lowest BCUT2D eigenvalue weighted by atomic mass is 9.96. The summed E-state index contributed by atoms with van der Waals surface area (Å²) in [6.45, 7) is 11.0. The zero-order chi connectivity index (χ0) is 13.3. The normalized spacial score (nSPS) is 14.0. The summed E-state index contributed by atoms with van der Waals surface area (Å²) in [6.07, 6.45) is 3.44. The third kappa shape index (κ3) is 2.85. The Hall–Kier alpha value is -1.48. The van der Waals surface area contributed by atoms with Crippen LogP contribution in [0.1, 0.15) is 51.3 Å². The Kier molecular flexibility index (Phi) is 3.35. The first kappa shape index (κ1) is 13.0. The van der Waals surface area contributed by atoms with E-state index in [1.54, 1.807) is 0 Å². The van der Waals surface area contributed by atoms with Gasteiger partial charge in [0.05, 0.1) is 0 Å². The van der Waals surface area contributed by atoms with Crippen LogP contribution in [0.4, 0.5) is 0 Å². The third-order valence-electron chi connectivity index (χ3n) is 3.23. The monoisotopic (exact) mass is 238 g/mol. The molecular weight excluding hydrogens is 216 g/mol. The Bertz CT molecular complexity index is 540. The summed E-state index contributed by atoms with van der Waals surface area (Å²) in [7, 11) is 0. The van der Waals surface area contributed by atoms with Gasteiger partial charge in [0.2, 0.25) is 0 Å². The van der Waals surface area contributed by atoms with Gasteiger partial charge < -0.3 is 0 Å². The maximum absolute atomic E-state index is 3.35. The summed E-state index contributed by atoms with van der Waals surface area (Å²) < 4.78 is 0. The molecule has 0 spiro atoms. The highest BCUT2D eigenvalue weighted by atomic mass is 14.2. The molecule has 0 atom stereocenters. The van der Waals surface area contributed by atoms with E-state index in [0.717, 1.165) is 6.42 Å². The lowest BCUT2D eigenvalue weighted by Gasteiger charge is -2.07. The van der Waals surface area contributed by atoms with Crippen molar-refractivity contribution >= 4 is 6.08 Å². The maximum atomic E-state index is 3.35. The van der Waals surface area contributed by atoms with Gasteiger partial charge in [-0.25, -0.2) is 0 Å². The molecule has 0 saturated heterocycles. The summed E-state index contributed by atoms with van der Waals surface area (Å²) in [5.41, 5.74) is 5.54. The van der Waals surface area contributed by atoms with Crippen molar-refractivity contribution < 1.29 is 0 Å². The fraction of sp³-hybridized carbons (Fsp3) is 0.444. The number of rotatable bonds is 1. The van der Waals surface area contributed by atoms with E-state index in [1.165, 1.54) is 22.3 Å². The highest BCUT2D eigenvalue weighted by Gasteiger charge is 2.16. The molecule has 0 N–H and O–H groups in total. The molecule has 1 aromatic rings. The SMILES string of the molecule is CC(C)C1=Cc2c(C#CC(C)(C)C)cccc2C1. The Morgan fingerprint density at radius 1 is 1.17 bits per heavy atom. The highest BCUT2D eigenvalue weighted by Crippen LogP contribution is 2.31. The summed E-state index contributed by atoms with van der Waals surface area (Å²) in [5, 5.41) is 0. The number of fused-ring (bicyclic) bond motifs is 1. The second kappa shape index (κ2) is 4.65. The Morgan fingerprint density at radius 3 is 2.50 bits per heavy atom. The molecule has 0 aliphatic heterocycles. The van der Waals surface area contributed by atoms with Crippen molar-refractivity contribution in [3.8, 4) is 11.8 Å². The first-order valence-corrected chi connectivity index (χ1v) is 6.72. The first-order valence-electron chi connectivity index (χ1n) is 6.72. The van der Waals surface area contributed by atoms with Crippen LogP contribution >= 0.6 is 0 Å². The number of hydrogen-bond acceptors (Lipinski definition) is 0. The summed E-state index contributed by atoms with van der Waals surface area (Å²) in [4.78, 5) is 0. The lowest BCUT2D eigenvalue weighted by molar-refractivity contribution is 0.571. The van der Waals surface area contributed by atoms with Crippen LogP contribution < -0.4 is 0 Å². The van der Waals surface area contributed by atoms with Crippen LogP contribution in [0.3, 0.4) is 0 Å². The van der Waals surface area contributed by atoms with Crippen LogP contribution in [0.15, 0.2) is 23.8 Å². The van der Waals surface area contributed by atoms with Gasteiger partial charge in [-0.1, -0.05) is 49.5 Å². The average Bonchev–Trinajstić information content (AvgIpc) is 2.69. The van der Waals surface area contributed by atoms with Crippen molar-refractivity contribution in [2.24, 2.45) is 11.3 Å². The van der Waals surface area contributed by atoms with E-state index < -0.39 is 0 Å². The minimum atomic E-state index is 0.0614. The predicted molar refractivity (Wildman–Crippen MR) is 79.3 cm³/mol. The summed E-state index contributed by atoms with van der Waals surface area (Å²) in [6, 6.07) is 6.49. The van der Waals surface area contributed by atoms with Crippen LogP contribution in [-0.2, 0) is 6.42 Å². The van der Waals surface area contributed by atoms with E-state index in [9.17, 15) is 0 Å². The molecule has 0 nitrogen and oxygen atoms in total. The van der Waals surface area contributed by atoms with Crippen molar-refractivity contribution in [2.45, 2.75) is 41.0 Å². The molecule has 1 aliphatic rings. The van der Waals surface area contributed by atoms with Gasteiger partial charge in [0.1, 0.15) is 0 Å². The highest BCUT2D eigenvalue weighted by molar-refractivity contribution is 5.70. The Balaban J connectivity index is 2.41. The van der Waals surface area contributed by atoms with E-state index in [-0.39, 0.29) is 5.41 Å². The largest absolute Gasteiger partial charge is 0.0919 e. The second-order valence-electron chi connectivity index (χ2n) is 6.43. The maximum Gasteiger partial charge on any atom is 0.0320 e. The molecule has 0 radical (unpaired) electrons. The van der Waals surface area contributed by atoms with Crippen LogP contribution in [0, 0.1) is 23.2 Å². The van der Waals surface area contributed by atoms with Gasteiger partial charge in [0.15, 0.2) is 0 Å². The molecule has 18 heavy (non-hydrogen) atoms. The zero-order valence-corrected chi connectivity index (χ0v) is 12.1. The topological polar surface area (TPSA) is 0 Å². The van der Waals surface area contributed by atoms with Crippen LogP contribution in [0.5, 0.6) is 0 Å². The van der Waals surface area contributed by atoms with Gasteiger partial charge in [0.25, 0.3) is 0 Å². The molecule has 0 fully saturated rings. The van der Waals surface area contributed by atoms with Crippen molar-refractivity contribution in [3.63, 3.8) is 0 Å². The molecule has 0 amide bonds. The molecule has 0 heterocycles. The Labute approximate surface area is 111 Å². The van der Waals surface area contributed by atoms with Crippen LogP contribution in [-0.4, -0.2) is 0 Å². The molecule has 0 saturated carbocycles. The molecular formula is C18H22. The smallest absolute Gasteiger partial charge is 0.0320 e. The van der Waals surface area contributed by atoms with Gasteiger partial charge in [-0.15, -0.1) is 0 Å². The van der Waals surface area contributed by atoms with Crippen molar-refractivity contribution in [1.82, 2.24) is 0 Å². The minimum absolute atomic E-state index is 0.0614. The summed E-state index contributed by atoms with van der Waals surface area (Å²) in [5.74, 6) is 7.31. The molecule has 0 bridgehead atoms. The van der Waals surface area contributed by atoms with Gasteiger partial charge in [-0.3, -0.25) is 0 Å². The minimum Gasteiger partial charge on any atom is -0.0919 e. The van der Waals surface area contributed by atoms with Crippen LogP contribution in [0.25, 0.3) is 6.08 Å². The van der Waals surface area contributed by atoms with Gasteiger partial charge in [-0.05, 0) is 50.3 Å². The number of benzene rings is 1. The van der Waals surface area contributed by atoms with Gasteiger partial charge in [-0.2, -0.15) is 0 Å². The quantitative estimate of drug-likeness (QED) is 0.623. The standard InChI is InChI=1S/C18H22/c1-13(2)16-11-15-8-6-7-14(17(15)12-16)9-10-18(3,4)5/h6-8,12-13H,11H2,1-5H3.